The zero-order valence-electron chi connectivity index (χ0n) is 8.45. The van der Waals surface area contributed by atoms with Crippen molar-refractivity contribution in [2.75, 3.05) is 0 Å². The fourth-order valence-corrected chi connectivity index (χ4v) is 1.18. The van der Waals surface area contributed by atoms with Crippen molar-refractivity contribution in [1.82, 2.24) is 14.8 Å². The minimum absolute atomic E-state index is 0.840. The minimum atomic E-state index is 0.840. The zero-order valence-corrected chi connectivity index (χ0v) is 8.45. The average Bonchev–Trinajstić information content (AvgIpc) is 2.53. The first kappa shape index (κ1) is 10.7. The van der Waals surface area contributed by atoms with Crippen molar-refractivity contribution in [2.45, 2.75) is 25.7 Å². The van der Waals surface area contributed by atoms with Crippen LogP contribution in [0.25, 0.3) is 0 Å². The van der Waals surface area contributed by atoms with Gasteiger partial charge in [-0.05, 0) is 12.8 Å². The topological polar surface area (TPSA) is 30.7 Å². The molecule has 0 aliphatic rings. The molecule has 0 atom stereocenters. The summed E-state index contributed by atoms with van der Waals surface area (Å²) in [6.45, 7) is 7.33. The minimum Gasteiger partial charge on any atom is -0.248 e. The molecule has 0 N–H and O–H groups in total. The van der Waals surface area contributed by atoms with Crippen LogP contribution in [0.15, 0.2) is 25.3 Å². The number of allylic oxidation sites excluding steroid dienone is 2. The van der Waals surface area contributed by atoms with Crippen LogP contribution in [0.1, 0.15) is 24.5 Å². The number of hydrogen-bond donors (Lipinski definition) is 0. The van der Waals surface area contributed by atoms with E-state index in [4.69, 9.17) is 0 Å². The molecule has 0 aliphatic heterocycles. The Morgan fingerprint density at radius 2 is 1.79 bits per heavy atom. The first-order valence-corrected chi connectivity index (χ1v) is 4.75. The number of hydrogen-bond acceptors (Lipinski definition) is 2. The molecule has 0 aromatic carbocycles. The Hall–Kier alpha value is -1.38. The molecule has 14 heavy (non-hydrogen) atoms. The monoisotopic (exact) mass is 190 g/mol. The van der Waals surface area contributed by atoms with Gasteiger partial charge < -0.3 is 0 Å². The number of rotatable bonds is 6. The van der Waals surface area contributed by atoms with Gasteiger partial charge in [0.05, 0.1) is 7.05 Å². The molecule has 1 radical (unpaired) electrons. The molecule has 3 nitrogen and oxygen atoms in total. The highest BCUT2D eigenvalue weighted by atomic mass is 15.3. The van der Waals surface area contributed by atoms with Crippen molar-refractivity contribution in [2.24, 2.45) is 0 Å². The molecule has 0 fully saturated rings. The lowest BCUT2D eigenvalue weighted by Crippen LogP contribution is -1.96. The van der Waals surface area contributed by atoms with Gasteiger partial charge in [0.1, 0.15) is 5.82 Å². The van der Waals surface area contributed by atoms with Crippen LogP contribution in [-0.2, 0) is 12.8 Å². The van der Waals surface area contributed by atoms with E-state index in [2.05, 4.69) is 30.3 Å². The summed E-state index contributed by atoms with van der Waals surface area (Å²) in [5, 5.41) is 4.21. The molecule has 1 aromatic heterocycles. The SMILES string of the molecule is [CH2]n1nc(CCC=C)nc1CCC=C. The van der Waals surface area contributed by atoms with E-state index in [1.54, 1.807) is 4.68 Å². The Labute approximate surface area is 85.2 Å². The average molecular weight is 190 g/mol. The second-order valence-electron chi connectivity index (χ2n) is 3.10. The highest BCUT2D eigenvalue weighted by Gasteiger charge is 2.04. The first-order valence-electron chi connectivity index (χ1n) is 4.75. The van der Waals surface area contributed by atoms with Crippen molar-refractivity contribution in [1.29, 1.82) is 0 Å². The fraction of sp³-hybridized carbons (Fsp3) is 0.364. The molecular weight excluding hydrogens is 174 g/mol. The second kappa shape index (κ2) is 5.37. The molecule has 0 unspecified atom stereocenters. The van der Waals surface area contributed by atoms with E-state index in [0.717, 1.165) is 37.3 Å². The van der Waals surface area contributed by atoms with Gasteiger partial charge in [0.25, 0.3) is 0 Å². The van der Waals surface area contributed by atoms with Gasteiger partial charge in [0.2, 0.25) is 0 Å². The molecule has 0 saturated carbocycles. The quantitative estimate of drug-likeness (QED) is 0.643. The van der Waals surface area contributed by atoms with Gasteiger partial charge in [-0.3, -0.25) is 0 Å². The standard InChI is InChI=1S/C11H16N3/c1-4-6-8-10-12-11(9-7-5-2)14(3)13-10/h4-5H,1-3,6-9H2. The molecule has 0 saturated heterocycles. The summed E-state index contributed by atoms with van der Waals surface area (Å²) in [6, 6.07) is 0. The maximum Gasteiger partial charge on any atom is 0.151 e. The van der Waals surface area contributed by atoms with E-state index in [1.165, 1.54) is 0 Å². The molecule has 75 valence electrons. The molecule has 1 rings (SSSR count). The van der Waals surface area contributed by atoms with E-state index in [1.807, 2.05) is 12.2 Å². The number of nitrogens with zero attached hydrogens (tertiary/aromatic N) is 3. The predicted molar refractivity (Wildman–Crippen MR) is 57.8 cm³/mol. The number of aryl methyl sites for hydroxylation is 2. The van der Waals surface area contributed by atoms with Crippen molar-refractivity contribution in [3.05, 3.63) is 44.0 Å². The molecule has 3 heteroatoms. The fourth-order valence-electron chi connectivity index (χ4n) is 1.18. The Morgan fingerprint density at radius 3 is 2.43 bits per heavy atom. The van der Waals surface area contributed by atoms with Gasteiger partial charge in [-0.2, -0.15) is 5.10 Å². The third kappa shape index (κ3) is 2.83. The zero-order chi connectivity index (χ0) is 10.4. The number of aromatic nitrogens is 3. The van der Waals surface area contributed by atoms with E-state index >= 15 is 0 Å². The maximum atomic E-state index is 4.38. The third-order valence-corrected chi connectivity index (χ3v) is 1.94. The summed E-state index contributed by atoms with van der Waals surface area (Å²) in [5.41, 5.74) is 0. The molecule has 1 aromatic rings. The third-order valence-electron chi connectivity index (χ3n) is 1.94. The summed E-state index contributed by atoms with van der Waals surface area (Å²) in [7, 11) is 3.79. The lowest BCUT2D eigenvalue weighted by Gasteiger charge is -1.94. The molecular formula is C11H16N3. The summed E-state index contributed by atoms with van der Waals surface area (Å²) in [5.74, 6) is 1.77. The van der Waals surface area contributed by atoms with Crippen molar-refractivity contribution in [3.8, 4) is 0 Å². The van der Waals surface area contributed by atoms with Crippen LogP contribution in [-0.4, -0.2) is 14.8 Å². The van der Waals surface area contributed by atoms with Gasteiger partial charge in [0, 0.05) is 12.8 Å². The van der Waals surface area contributed by atoms with Gasteiger partial charge in [-0.25, -0.2) is 9.67 Å². The Morgan fingerprint density at radius 1 is 1.14 bits per heavy atom. The van der Waals surface area contributed by atoms with Crippen molar-refractivity contribution >= 4 is 0 Å². The Balaban J connectivity index is 2.61. The Bertz CT molecular complexity index is 312. The van der Waals surface area contributed by atoms with Gasteiger partial charge >= 0.3 is 0 Å². The highest BCUT2D eigenvalue weighted by Crippen LogP contribution is 2.03. The summed E-state index contributed by atoms with van der Waals surface area (Å²) < 4.78 is 1.60. The van der Waals surface area contributed by atoms with Crippen LogP contribution in [0.2, 0.25) is 0 Å². The lowest BCUT2D eigenvalue weighted by molar-refractivity contribution is 0.765. The van der Waals surface area contributed by atoms with Gasteiger partial charge in [0.15, 0.2) is 5.82 Å². The molecule has 0 aliphatic carbocycles. The molecule has 0 spiro atoms. The first-order chi connectivity index (χ1) is 6.77. The summed E-state index contributed by atoms with van der Waals surface area (Å²) in [6.07, 6.45) is 7.26. The largest absolute Gasteiger partial charge is 0.248 e. The van der Waals surface area contributed by atoms with E-state index in [-0.39, 0.29) is 0 Å². The lowest BCUT2D eigenvalue weighted by atomic mass is 10.3. The van der Waals surface area contributed by atoms with Gasteiger partial charge in [-0.15, -0.1) is 13.2 Å². The van der Waals surface area contributed by atoms with E-state index in [9.17, 15) is 0 Å². The van der Waals surface area contributed by atoms with Gasteiger partial charge in [-0.1, -0.05) is 12.2 Å². The Kier molecular flexibility index (Phi) is 4.11. The smallest absolute Gasteiger partial charge is 0.151 e. The molecule has 0 bridgehead atoms. The molecule has 0 amide bonds. The summed E-state index contributed by atoms with van der Waals surface area (Å²) in [4.78, 5) is 4.38. The van der Waals surface area contributed by atoms with Crippen LogP contribution in [0, 0.1) is 7.05 Å². The van der Waals surface area contributed by atoms with Crippen LogP contribution in [0.5, 0.6) is 0 Å². The van der Waals surface area contributed by atoms with Crippen molar-refractivity contribution < 1.29 is 0 Å². The maximum absolute atomic E-state index is 4.38. The van der Waals surface area contributed by atoms with Crippen LogP contribution >= 0.6 is 0 Å². The van der Waals surface area contributed by atoms with E-state index in [0.29, 0.717) is 0 Å². The van der Waals surface area contributed by atoms with E-state index < -0.39 is 0 Å². The van der Waals surface area contributed by atoms with Crippen LogP contribution in [0.4, 0.5) is 0 Å². The summed E-state index contributed by atoms with van der Waals surface area (Å²) >= 11 is 0. The van der Waals surface area contributed by atoms with Crippen LogP contribution < -0.4 is 0 Å². The second-order valence-corrected chi connectivity index (χ2v) is 3.10. The van der Waals surface area contributed by atoms with Crippen LogP contribution in [0.3, 0.4) is 0 Å². The molecule has 1 heterocycles. The normalized spacial score (nSPS) is 10.1. The van der Waals surface area contributed by atoms with Crippen molar-refractivity contribution in [3.63, 3.8) is 0 Å². The highest BCUT2D eigenvalue weighted by molar-refractivity contribution is 4.96. The predicted octanol–water partition coefficient (Wildman–Crippen LogP) is 2.15.